The Morgan fingerprint density at radius 1 is 1.08 bits per heavy atom. The molecule has 1 N–H and O–H groups in total. The van der Waals surface area contributed by atoms with E-state index in [-0.39, 0.29) is 5.75 Å². The second-order valence-corrected chi connectivity index (χ2v) is 3.97. The molecule has 0 saturated heterocycles. The first kappa shape index (κ1) is 8.89. The van der Waals surface area contributed by atoms with E-state index in [1.54, 1.807) is 6.07 Å². The zero-order valence-corrected chi connectivity index (χ0v) is 8.27. The third kappa shape index (κ3) is 1.66. The first-order valence-electron chi connectivity index (χ1n) is 4.78. The Hall–Kier alpha value is -0.690. The molecule has 0 radical (unpaired) electrons. The van der Waals surface area contributed by atoms with Gasteiger partial charge in [-0.25, -0.2) is 0 Å². The first-order chi connectivity index (χ1) is 6.29. The molecule has 13 heavy (non-hydrogen) atoms. The van der Waals surface area contributed by atoms with E-state index in [0.717, 1.165) is 12.8 Å². The largest absolute Gasteiger partial charge is 0.506 e. The van der Waals surface area contributed by atoms with E-state index in [1.807, 2.05) is 6.07 Å². The molecule has 0 aromatic heterocycles. The van der Waals surface area contributed by atoms with Gasteiger partial charge in [0.1, 0.15) is 5.75 Å². The van der Waals surface area contributed by atoms with Gasteiger partial charge in [0.2, 0.25) is 0 Å². The molecule has 0 bridgehead atoms. The van der Waals surface area contributed by atoms with E-state index in [1.165, 1.54) is 30.4 Å². The fraction of sp³-hybridized carbons (Fsp3) is 0.455. The summed E-state index contributed by atoms with van der Waals surface area (Å²) in [6.45, 7) is 0. The van der Waals surface area contributed by atoms with Gasteiger partial charge < -0.3 is 5.11 Å². The number of aryl methyl sites for hydroxylation is 1. The van der Waals surface area contributed by atoms with E-state index in [9.17, 15) is 5.11 Å². The van der Waals surface area contributed by atoms with Crippen molar-refractivity contribution in [3.8, 4) is 5.75 Å². The van der Waals surface area contributed by atoms with Crippen molar-refractivity contribution in [2.45, 2.75) is 32.1 Å². The second-order valence-electron chi connectivity index (χ2n) is 3.60. The Labute approximate surface area is 83.3 Å². The van der Waals surface area contributed by atoms with E-state index in [4.69, 9.17) is 11.6 Å². The highest BCUT2D eigenvalue weighted by molar-refractivity contribution is 6.32. The van der Waals surface area contributed by atoms with Crippen LogP contribution in [0.1, 0.15) is 30.4 Å². The topological polar surface area (TPSA) is 20.2 Å². The van der Waals surface area contributed by atoms with Crippen molar-refractivity contribution in [2.75, 3.05) is 0 Å². The third-order valence-electron chi connectivity index (χ3n) is 2.69. The third-order valence-corrected chi connectivity index (χ3v) is 3.11. The zero-order valence-electron chi connectivity index (χ0n) is 7.52. The van der Waals surface area contributed by atoms with Crippen molar-refractivity contribution >= 4 is 11.6 Å². The molecule has 0 amide bonds. The van der Waals surface area contributed by atoms with Crippen molar-refractivity contribution in [1.29, 1.82) is 0 Å². The summed E-state index contributed by atoms with van der Waals surface area (Å²) >= 11 is 6.03. The van der Waals surface area contributed by atoms with Crippen molar-refractivity contribution in [1.82, 2.24) is 0 Å². The number of halogens is 1. The summed E-state index contributed by atoms with van der Waals surface area (Å²) in [5.74, 6) is 0.224. The molecule has 0 heterocycles. The Balaban J connectivity index is 2.48. The van der Waals surface area contributed by atoms with E-state index >= 15 is 0 Å². The second kappa shape index (κ2) is 3.59. The van der Waals surface area contributed by atoms with E-state index < -0.39 is 0 Å². The van der Waals surface area contributed by atoms with Gasteiger partial charge >= 0.3 is 0 Å². The van der Waals surface area contributed by atoms with Crippen molar-refractivity contribution in [3.05, 3.63) is 28.3 Å². The summed E-state index contributed by atoms with van der Waals surface area (Å²) in [5, 5.41) is 10.0. The number of fused-ring (bicyclic) bond motifs is 1. The number of benzene rings is 1. The Morgan fingerprint density at radius 2 is 1.85 bits per heavy atom. The average molecular weight is 197 g/mol. The van der Waals surface area contributed by atoms with Crippen LogP contribution in [0, 0.1) is 0 Å². The highest BCUT2D eigenvalue weighted by Crippen LogP contribution is 2.33. The molecule has 1 aliphatic carbocycles. The number of hydrogen-bond acceptors (Lipinski definition) is 1. The summed E-state index contributed by atoms with van der Waals surface area (Å²) in [5.41, 5.74) is 2.49. The number of phenolic OH excluding ortho intramolecular Hbond substituents is 1. The number of phenols is 1. The molecule has 2 rings (SSSR count). The lowest BCUT2D eigenvalue weighted by Gasteiger charge is -2.08. The molecule has 0 aliphatic heterocycles. The highest BCUT2D eigenvalue weighted by Gasteiger charge is 2.13. The van der Waals surface area contributed by atoms with Gasteiger partial charge in [-0.05, 0) is 42.9 Å². The SMILES string of the molecule is Oc1ccc2c(c1Cl)CCCCC2. The quantitative estimate of drug-likeness (QED) is 0.632. The molecule has 1 aromatic carbocycles. The average Bonchev–Trinajstić information content (AvgIpc) is 2.36. The van der Waals surface area contributed by atoms with Gasteiger partial charge in [0.15, 0.2) is 0 Å². The minimum absolute atomic E-state index is 0.224. The van der Waals surface area contributed by atoms with Crippen LogP contribution >= 0.6 is 11.6 Å². The molecule has 2 heteroatoms. The Bertz CT molecular complexity index is 320. The monoisotopic (exact) mass is 196 g/mol. The van der Waals surface area contributed by atoms with Crippen LogP contribution in [0.4, 0.5) is 0 Å². The standard InChI is InChI=1S/C11H13ClO/c12-11-9-5-3-1-2-4-8(9)6-7-10(11)13/h6-7,13H,1-5H2. The predicted molar refractivity (Wildman–Crippen MR) is 54.4 cm³/mol. The molecule has 0 atom stereocenters. The molecule has 0 fully saturated rings. The lowest BCUT2D eigenvalue weighted by molar-refractivity contribution is 0.474. The lowest BCUT2D eigenvalue weighted by Crippen LogP contribution is -1.91. The van der Waals surface area contributed by atoms with Crippen LogP contribution in [0.3, 0.4) is 0 Å². The normalized spacial score (nSPS) is 16.4. The maximum Gasteiger partial charge on any atom is 0.134 e. The lowest BCUT2D eigenvalue weighted by atomic mass is 10.0. The first-order valence-corrected chi connectivity index (χ1v) is 5.16. The molecule has 1 aromatic rings. The summed E-state index contributed by atoms with van der Waals surface area (Å²) in [6, 6.07) is 3.70. The summed E-state index contributed by atoms with van der Waals surface area (Å²) < 4.78 is 0. The molecule has 70 valence electrons. The van der Waals surface area contributed by atoms with Crippen LogP contribution in [-0.4, -0.2) is 5.11 Å². The predicted octanol–water partition coefficient (Wildman–Crippen LogP) is 3.31. The molecular formula is C11H13ClO. The fourth-order valence-corrected chi connectivity index (χ4v) is 2.23. The molecule has 1 aliphatic rings. The van der Waals surface area contributed by atoms with Crippen LogP contribution in [0.2, 0.25) is 5.02 Å². The van der Waals surface area contributed by atoms with Crippen LogP contribution < -0.4 is 0 Å². The summed E-state index contributed by atoms with van der Waals surface area (Å²) in [4.78, 5) is 0. The van der Waals surface area contributed by atoms with Crippen molar-refractivity contribution in [2.24, 2.45) is 0 Å². The number of rotatable bonds is 0. The molecule has 1 nitrogen and oxygen atoms in total. The number of aromatic hydroxyl groups is 1. The van der Waals surface area contributed by atoms with Gasteiger partial charge in [-0.2, -0.15) is 0 Å². The van der Waals surface area contributed by atoms with Crippen LogP contribution in [-0.2, 0) is 12.8 Å². The molecule has 0 spiro atoms. The van der Waals surface area contributed by atoms with Gasteiger partial charge in [-0.3, -0.25) is 0 Å². The van der Waals surface area contributed by atoms with Gasteiger partial charge in [-0.1, -0.05) is 24.1 Å². The maximum atomic E-state index is 9.44. The van der Waals surface area contributed by atoms with E-state index in [0.29, 0.717) is 5.02 Å². The van der Waals surface area contributed by atoms with Gasteiger partial charge in [0.25, 0.3) is 0 Å². The summed E-state index contributed by atoms with van der Waals surface area (Å²) in [7, 11) is 0. The Kier molecular flexibility index (Phi) is 2.45. The van der Waals surface area contributed by atoms with Crippen LogP contribution in [0.15, 0.2) is 12.1 Å². The molecule has 0 saturated carbocycles. The maximum absolute atomic E-state index is 9.44. The Morgan fingerprint density at radius 3 is 2.69 bits per heavy atom. The summed E-state index contributed by atoms with van der Waals surface area (Å²) in [6.07, 6.45) is 5.83. The van der Waals surface area contributed by atoms with Crippen molar-refractivity contribution in [3.63, 3.8) is 0 Å². The minimum atomic E-state index is 0.224. The minimum Gasteiger partial charge on any atom is -0.506 e. The molecule has 0 unspecified atom stereocenters. The van der Waals surface area contributed by atoms with Crippen LogP contribution in [0.25, 0.3) is 0 Å². The number of hydrogen-bond donors (Lipinski definition) is 1. The van der Waals surface area contributed by atoms with Crippen LogP contribution in [0.5, 0.6) is 5.75 Å². The smallest absolute Gasteiger partial charge is 0.134 e. The fourth-order valence-electron chi connectivity index (χ4n) is 1.95. The van der Waals surface area contributed by atoms with E-state index in [2.05, 4.69) is 0 Å². The zero-order chi connectivity index (χ0) is 9.26. The van der Waals surface area contributed by atoms with Gasteiger partial charge in [-0.15, -0.1) is 0 Å². The highest BCUT2D eigenvalue weighted by atomic mass is 35.5. The van der Waals surface area contributed by atoms with Crippen molar-refractivity contribution < 1.29 is 5.11 Å². The van der Waals surface area contributed by atoms with Gasteiger partial charge in [0.05, 0.1) is 5.02 Å². The van der Waals surface area contributed by atoms with Gasteiger partial charge in [0, 0.05) is 0 Å². The molecular weight excluding hydrogens is 184 g/mol.